The molecular weight excluding hydrogens is 252 g/mol. The molecule has 0 aliphatic carbocycles. The van der Waals surface area contributed by atoms with Gasteiger partial charge >= 0.3 is 5.97 Å². The molecule has 1 aromatic carbocycles. The first kappa shape index (κ1) is 12.4. The van der Waals surface area contributed by atoms with Crippen molar-refractivity contribution in [2.24, 2.45) is 0 Å². The van der Waals surface area contributed by atoms with Crippen LogP contribution in [0, 0.1) is 0 Å². The second-order valence-electron chi connectivity index (χ2n) is 3.47. The van der Waals surface area contributed by atoms with Crippen molar-refractivity contribution in [2.45, 2.75) is 6.92 Å². The maximum atomic E-state index is 10.9. The summed E-state index contributed by atoms with van der Waals surface area (Å²) in [6.45, 7) is 2.42. The number of thiazole rings is 1. The minimum atomic E-state index is -1.12. The number of hydrogen-bond donors (Lipinski definition) is 2. The van der Waals surface area contributed by atoms with E-state index in [1.165, 1.54) is 0 Å². The molecule has 2 rings (SSSR count). The Morgan fingerprint density at radius 3 is 2.83 bits per heavy atom. The summed E-state index contributed by atoms with van der Waals surface area (Å²) in [6.07, 6.45) is 0. The number of nitrogen functional groups attached to an aromatic ring is 1. The van der Waals surface area contributed by atoms with Gasteiger partial charge in [-0.25, -0.2) is 9.78 Å². The highest BCUT2D eigenvalue weighted by Crippen LogP contribution is 2.35. The molecule has 0 aliphatic heterocycles. The Balaban J connectivity index is 2.48. The Hall–Kier alpha value is -2.08. The zero-order chi connectivity index (χ0) is 13.1. The Morgan fingerprint density at radius 1 is 1.50 bits per heavy atom. The number of carbonyl (C=O) groups is 1. The third-order valence-corrected chi connectivity index (χ3v) is 3.19. The topological polar surface area (TPSA) is 85.4 Å². The van der Waals surface area contributed by atoms with Gasteiger partial charge in [-0.3, -0.25) is 0 Å². The Kier molecular flexibility index (Phi) is 3.47. The smallest absolute Gasteiger partial charge is 0.357 e. The highest BCUT2D eigenvalue weighted by atomic mass is 32.1. The molecule has 18 heavy (non-hydrogen) atoms. The van der Waals surface area contributed by atoms with Crippen LogP contribution in [0.2, 0.25) is 0 Å². The molecule has 0 bridgehead atoms. The number of nitrogens with zero attached hydrogens (tertiary/aromatic N) is 1. The molecule has 0 atom stereocenters. The zero-order valence-corrected chi connectivity index (χ0v) is 10.5. The van der Waals surface area contributed by atoms with Crippen molar-refractivity contribution in [1.29, 1.82) is 0 Å². The summed E-state index contributed by atoms with van der Waals surface area (Å²) < 4.78 is 5.48. The monoisotopic (exact) mass is 264 g/mol. The standard InChI is InChI=1S/C12H12N2O3S/c1-2-17-8-6-4-3-5-7(8)11-14-9(12(15)16)10(13)18-11/h3-6H,2,13H2,1H3,(H,15,16). The Labute approximate surface area is 108 Å². The van der Waals surface area contributed by atoms with Gasteiger partial charge in [0, 0.05) is 0 Å². The van der Waals surface area contributed by atoms with Gasteiger partial charge in [-0.2, -0.15) is 0 Å². The summed E-state index contributed by atoms with van der Waals surface area (Å²) in [6, 6.07) is 7.34. The molecule has 0 fully saturated rings. The molecule has 1 aromatic heterocycles. The molecule has 3 N–H and O–H groups in total. The predicted octanol–water partition coefficient (Wildman–Crippen LogP) is 2.49. The van der Waals surface area contributed by atoms with Gasteiger partial charge in [0.25, 0.3) is 0 Å². The molecule has 94 valence electrons. The van der Waals surface area contributed by atoms with E-state index >= 15 is 0 Å². The van der Waals surface area contributed by atoms with Crippen molar-refractivity contribution in [3.63, 3.8) is 0 Å². The first-order valence-corrected chi connectivity index (χ1v) is 6.17. The largest absolute Gasteiger partial charge is 0.493 e. The fourth-order valence-corrected chi connectivity index (χ4v) is 2.38. The van der Waals surface area contributed by atoms with Crippen molar-refractivity contribution in [2.75, 3.05) is 12.3 Å². The molecule has 0 saturated heterocycles. The number of anilines is 1. The maximum absolute atomic E-state index is 10.9. The van der Waals surface area contributed by atoms with Crippen LogP contribution in [0.25, 0.3) is 10.6 Å². The molecule has 0 aliphatic rings. The summed E-state index contributed by atoms with van der Waals surface area (Å²) in [5.41, 5.74) is 6.28. The summed E-state index contributed by atoms with van der Waals surface area (Å²) in [5.74, 6) is -0.449. The zero-order valence-electron chi connectivity index (χ0n) is 9.71. The van der Waals surface area contributed by atoms with E-state index in [1.807, 2.05) is 31.2 Å². The van der Waals surface area contributed by atoms with Crippen LogP contribution in [0.5, 0.6) is 5.75 Å². The van der Waals surface area contributed by atoms with E-state index in [4.69, 9.17) is 15.6 Å². The second kappa shape index (κ2) is 5.05. The number of nitrogens with two attached hydrogens (primary N) is 1. The van der Waals surface area contributed by atoms with Gasteiger partial charge in [0.05, 0.1) is 12.2 Å². The van der Waals surface area contributed by atoms with Crippen molar-refractivity contribution in [3.8, 4) is 16.3 Å². The van der Waals surface area contributed by atoms with Crippen molar-refractivity contribution >= 4 is 22.3 Å². The van der Waals surface area contributed by atoms with E-state index in [9.17, 15) is 4.79 Å². The number of rotatable bonds is 4. The summed E-state index contributed by atoms with van der Waals surface area (Å²) in [7, 11) is 0. The number of aromatic nitrogens is 1. The first-order valence-electron chi connectivity index (χ1n) is 5.35. The van der Waals surface area contributed by atoms with Crippen LogP contribution in [0.3, 0.4) is 0 Å². The lowest BCUT2D eigenvalue weighted by atomic mass is 10.2. The van der Waals surface area contributed by atoms with E-state index in [2.05, 4.69) is 4.98 Å². The number of aromatic carboxylic acids is 1. The number of carboxylic acid groups (broad SMARTS) is 1. The highest BCUT2D eigenvalue weighted by molar-refractivity contribution is 7.19. The van der Waals surface area contributed by atoms with E-state index in [-0.39, 0.29) is 10.7 Å². The van der Waals surface area contributed by atoms with Crippen LogP contribution >= 0.6 is 11.3 Å². The van der Waals surface area contributed by atoms with Gasteiger partial charge in [0.15, 0.2) is 5.69 Å². The van der Waals surface area contributed by atoms with Crippen molar-refractivity contribution < 1.29 is 14.6 Å². The molecule has 0 unspecified atom stereocenters. The predicted molar refractivity (Wildman–Crippen MR) is 70.1 cm³/mol. The van der Waals surface area contributed by atoms with Crippen LogP contribution < -0.4 is 10.5 Å². The SMILES string of the molecule is CCOc1ccccc1-c1nc(C(=O)O)c(N)s1. The molecular formula is C12H12N2O3S. The highest BCUT2D eigenvalue weighted by Gasteiger charge is 2.17. The number of carboxylic acids is 1. The minimum absolute atomic E-state index is 0.110. The average Bonchev–Trinajstić information content (AvgIpc) is 2.72. The Morgan fingerprint density at radius 2 is 2.22 bits per heavy atom. The molecule has 6 heteroatoms. The minimum Gasteiger partial charge on any atom is -0.493 e. The molecule has 0 spiro atoms. The van der Waals surface area contributed by atoms with Crippen molar-refractivity contribution in [3.05, 3.63) is 30.0 Å². The van der Waals surface area contributed by atoms with E-state index < -0.39 is 5.97 Å². The third kappa shape index (κ3) is 2.28. The van der Waals surface area contributed by atoms with Crippen LogP contribution in [-0.4, -0.2) is 22.7 Å². The number of para-hydroxylation sites is 1. The van der Waals surface area contributed by atoms with Crippen LogP contribution in [-0.2, 0) is 0 Å². The third-order valence-electron chi connectivity index (χ3n) is 2.27. The van der Waals surface area contributed by atoms with Gasteiger partial charge in [-0.05, 0) is 19.1 Å². The lowest BCUT2D eigenvalue weighted by molar-refractivity contribution is 0.0692. The molecule has 0 radical (unpaired) electrons. The fourth-order valence-electron chi connectivity index (χ4n) is 1.53. The van der Waals surface area contributed by atoms with Gasteiger partial charge < -0.3 is 15.6 Å². The van der Waals surface area contributed by atoms with Crippen LogP contribution in [0.15, 0.2) is 24.3 Å². The summed E-state index contributed by atoms with van der Waals surface area (Å²) >= 11 is 1.14. The van der Waals surface area contributed by atoms with Gasteiger partial charge in [-0.15, -0.1) is 0 Å². The summed E-state index contributed by atoms with van der Waals surface area (Å²) in [5, 5.41) is 9.68. The van der Waals surface area contributed by atoms with Crippen LogP contribution in [0.4, 0.5) is 5.00 Å². The van der Waals surface area contributed by atoms with Gasteiger partial charge in [0.1, 0.15) is 15.8 Å². The van der Waals surface area contributed by atoms with E-state index in [0.29, 0.717) is 17.4 Å². The lowest BCUT2D eigenvalue weighted by Crippen LogP contribution is -2.00. The molecule has 2 aromatic rings. The molecule has 5 nitrogen and oxygen atoms in total. The first-order chi connectivity index (χ1) is 8.63. The maximum Gasteiger partial charge on any atom is 0.357 e. The molecule has 1 heterocycles. The number of benzene rings is 1. The van der Waals surface area contributed by atoms with E-state index in [1.54, 1.807) is 0 Å². The molecule has 0 amide bonds. The molecule has 0 saturated carbocycles. The Bertz CT molecular complexity index is 580. The van der Waals surface area contributed by atoms with Crippen LogP contribution in [0.1, 0.15) is 17.4 Å². The fraction of sp³-hybridized carbons (Fsp3) is 0.167. The quantitative estimate of drug-likeness (QED) is 0.886. The lowest BCUT2D eigenvalue weighted by Gasteiger charge is -2.06. The van der Waals surface area contributed by atoms with Gasteiger partial charge in [-0.1, -0.05) is 23.5 Å². The van der Waals surface area contributed by atoms with Crippen molar-refractivity contribution in [1.82, 2.24) is 4.98 Å². The normalized spacial score (nSPS) is 10.3. The summed E-state index contributed by atoms with van der Waals surface area (Å²) in [4.78, 5) is 14.9. The second-order valence-corrected chi connectivity index (χ2v) is 4.50. The van der Waals surface area contributed by atoms with Gasteiger partial charge in [0.2, 0.25) is 0 Å². The average molecular weight is 264 g/mol. The van der Waals surface area contributed by atoms with E-state index in [0.717, 1.165) is 16.9 Å². The number of hydrogen-bond acceptors (Lipinski definition) is 5. The number of ether oxygens (including phenoxy) is 1.